The van der Waals surface area contributed by atoms with Crippen molar-refractivity contribution in [2.45, 2.75) is 30.0 Å². The summed E-state index contributed by atoms with van der Waals surface area (Å²) in [6.45, 7) is 0. The van der Waals surface area contributed by atoms with Gasteiger partial charge in [-0.05, 0) is 31.0 Å². The number of nitrogens with zero attached hydrogens (tertiary/aromatic N) is 2. The van der Waals surface area contributed by atoms with Crippen LogP contribution < -0.4 is 10.0 Å². The van der Waals surface area contributed by atoms with Gasteiger partial charge in [0.05, 0.1) is 5.56 Å². The number of amides is 1. The van der Waals surface area contributed by atoms with E-state index in [0.717, 1.165) is 18.3 Å². The third-order valence-electron chi connectivity index (χ3n) is 4.47. The Bertz CT molecular complexity index is 1130. The Balaban J connectivity index is 1.98. The molecule has 1 aliphatic rings. The Kier molecular flexibility index (Phi) is 5.14. The maximum absolute atomic E-state index is 13.4. The van der Waals surface area contributed by atoms with Crippen LogP contribution in [0.3, 0.4) is 0 Å². The SMILES string of the molecule is Cn1cc2c(c1C(=O)Nc1ccc(F)c(C#N)c1)CCC(C(F)(F)F)NS2(=O)=O. The summed E-state index contributed by atoms with van der Waals surface area (Å²) in [7, 11) is -3.12. The minimum atomic E-state index is -4.77. The average molecular weight is 430 g/mol. The van der Waals surface area contributed by atoms with Crippen molar-refractivity contribution in [3.8, 4) is 6.07 Å². The molecule has 7 nitrogen and oxygen atoms in total. The van der Waals surface area contributed by atoms with Gasteiger partial charge < -0.3 is 9.88 Å². The Morgan fingerprint density at radius 3 is 2.69 bits per heavy atom. The maximum atomic E-state index is 13.4. The van der Waals surface area contributed by atoms with Crippen LogP contribution in [0, 0.1) is 17.1 Å². The van der Waals surface area contributed by atoms with Crippen molar-refractivity contribution in [3.05, 3.63) is 47.0 Å². The van der Waals surface area contributed by atoms with Crippen molar-refractivity contribution >= 4 is 21.6 Å². The van der Waals surface area contributed by atoms with Crippen LogP contribution in [0.2, 0.25) is 0 Å². The van der Waals surface area contributed by atoms with E-state index in [2.05, 4.69) is 5.32 Å². The van der Waals surface area contributed by atoms with E-state index in [1.54, 1.807) is 10.8 Å². The van der Waals surface area contributed by atoms with Crippen molar-refractivity contribution < 1.29 is 30.8 Å². The molecular weight excluding hydrogens is 416 g/mol. The molecule has 12 heteroatoms. The standard InChI is InChI=1S/C17H14F4N4O3S/c1-25-8-13-11(3-5-14(17(19,20)21)24-29(13,27)28)15(25)16(26)23-10-2-4-12(18)9(6-10)7-22/h2,4,6,8,14,24H,3,5H2,1H3,(H,23,26). The van der Waals surface area contributed by atoms with Gasteiger partial charge in [0.15, 0.2) is 0 Å². The summed E-state index contributed by atoms with van der Waals surface area (Å²) < 4.78 is 80.2. The zero-order valence-corrected chi connectivity index (χ0v) is 15.7. The van der Waals surface area contributed by atoms with Crippen LogP contribution in [0.25, 0.3) is 0 Å². The number of anilines is 1. The average Bonchev–Trinajstić information content (AvgIpc) is 2.89. The Hall–Kier alpha value is -2.91. The number of alkyl halides is 3. The summed E-state index contributed by atoms with van der Waals surface area (Å²) in [5.41, 5.74) is -0.429. The predicted octanol–water partition coefficient (Wildman–Crippen LogP) is 2.44. The minimum absolute atomic E-state index is 0.0492. The zero-order valence-electron chi connectivity index (χ0n) is 14.8. The van der Waals surface area contributed by atoms with E-state index in [4.69, 9.17) is 5.26 Å². The Morgan fingerprint density at radius 1 is 1.38 bits per heavy atom. The number of carbonyl (C=O) groups is 1. The second kappa shape index (κ2) is 7.16. The fraction of sp³-hybridized carbons (Fsp3) is 0.294. The molecule has 1 unspecified atom stereocenters. The van der Waals surface area contributed by atoms with Crippen LogP contribution in [0.5, 0.6) is 0 Å². The minimum Gasteiger partial charge on any atom is -0.345 e. The Morgan fingerprint density at radius 2 is 2.07 bits per heavy atom. The number of hydrogen-bond acceptors (Lipinski definition) is 4. The summed E-state index contributed by atoms with van der Waals surface area (Å²) in [6, 6.07) is 2.62. The lowest BCUT2D eigenvalue weighted by molar-refractivity contribution is -0.152. The lowest BCUT2D eigenvalue weighted by Crippen LogP contribution is -2.44. The number of nitriles is 1. The number of aromatic nitrogens is 1. The van der Waals surface area contributed by atoms with E-state index in [-0.39, 0.29) is 28.9 Å². The van der Waals surface area contributed by atoms with Crippen molar-refractivity contribution in [1.82, 2.24) is 9.29 Å². The van der Waals surface area contributed by atoms with Gasteiger partial charge in [-0.3, -0.25) is 4.79 Å². The van der Waals surface area contributed by atoms with Crippen LogP contribution in [0.4, 0.5) is 23.2 Å². The molecule has 0 saturated heterocycles. The monoisotopic (exact) mass is 430 g/mol. The predicted molar refractivity (Wildman–Crippen MR) is 93.0 cm³/mol. The first-order valence-electron chi connectivity index (χ1n) is 8.22. The first kappa shape index (κ1) is 20.8. The van der Waals surface area contributed by atoms with Crippen molar-refractivity contribution in [1.29, 1.82) is 5.26 Å². The quantitative estimate of drug-likeness (QED) is 0.714. The number of aryl methyl sites for hydroxylation is 1. The summed E-state index contributed by atoms with van der Waals surface area (Å²) >= 11 is 0. The molecule has 0 aliphatic carbocycles. The highest BCUT2D eigenvalue weighted by atomic mass is 32.2. The van der Waals surface area contributed by atoms with Gasteiger partial charge in [-0.15, -0.1) is 0 Å². The van der Waals surface area contributed by atoms with Crippen LogP contribution >= 0.6 is 0 Å². The highest BCUT2D eigenvalue weighted by molar-refractivity contribution is 7.89. The molecule has 2 aromatic rings. The zero-order chi connectivity index (χ0) is 21.6. The van der Waals surface area contributed by atoms with E-state index < -0.39 is 45.3 Å². The first-order valence-corrected chi connectivity index (χ1v) is 9.70. The van der Waals surface area contributed by atoms with Gasteiger partial charge in [0.1, 0.15) is 28.5 Å². The molecule has 0 saturated carbocycles. The molecule has 0 spiro atoms. The van der Waals surface area contributed by atoms with Gasteiger partial charge in [-0.25, -0.2) is 12.8 Å². The largest absolute Gasteiger partial charge is 0.404 e. The fourth-order valence-electron chi connectivity index (χ4n) is 3.13. The second-order valence-electron chi connectivity index (χ2n) is 6.45. The van der Waals surface area contributed by atoms with Crippen molar-refractivity contribution in [2.75, 3.05) is 5.32 Å². The maximum Gasteiger partial charge on any atom is 0.404 e. The van der Waals surface area contributed by atoms with Crippen molar-refractivity contribution in [3.63, 3.8) is 0 Å². The third-order valence-corrected chi connectivity index (χ3v) is 6.00. The molecule has 3 rings (SSSR count). The number of benzene rings is 1. The van der Waals surface area contributed by atoms with Crippen LogP contribution in [0.15, 0.2) is 29.3 Å². The Labute approximate surface area is 163 Å². The van der Waals surface area contributed by atoms with E-state index in [0.29, 0.717) is 0 Å². The number of hydrogen-bond donors (Lipinski definition) is 2. The molecule has 2 N–H and O–H groups in total. The summed E-state index contributed by atoms with van der Waals surface area (Å²) in [5, 5.41) is 11.3. The molecule has 2 heterocycles. The molecule has 1 aromatic heterocycles. The lowest BCUT2D eigenvalue weighted by Gasteiger charge is -2.18. The van der Waals surface area contributed by atoms with Gasteiger partial charge in [-0.1, -0.05) is 0 Å². The molecule has 0 radical (unpaired) electrons. The van der Waals surface area contributed by atoms with Gasteiger partial charge in [0, 0.05) is 24.5 Å². The molecular formula is C17H14F4N4O3S. The topological polar surface area (TPSA) is 104 Å². The van der Waals surface area contributed by atoms with E-state index >= 15 is 0 Å². The molecule has 29 heavy (non-hydrogen) atoms. The number of carbonyl (C=O) groups excluding carboxylic acids is 1. The molecule has 0 fully saturated rings. The lowest BCUT2D eigenvalue weighted by atomic mass is 10.1. The smallest absolute Gasteiger partial charge is 0.345 e. The fourth-order valence-corrected chi connectivity index (χ4v) is 4.70. The van der Waals surface area contributed by atoms with Gasteiger partial charge in [0.2, 0.25) is 10.0 Å². The van der Waals surface area contributed by atoms with Crippen LogP contribution in [0.1, 0.15) is 28.0 Å². The number of sulfonamides is 1. The summed E-state index contributed by atoms with van der Waals surface area (Å²) in [6.07, 6.45) is -4.59. The number of halogens is 4. The number of fused-ring (bicyclic) bond motifs is 1. The summed E-state index contributed by atoms with van der Waals surface area (Å²) in [4.78, 5) is 12.3. The van der Waals surface area contributed by atoms with Crippen LogP contribution in [-0.4, -0.2) is 31.1 Å². The van der Waals surface area contributed by atoms with E-state index in [9.17, 15) is 30.8 Å². The summed E-state index contributed by atoms with van der Waals surface area (Å²) in [5.74, 6) is -1.58. The molecule has 1 atom stereocenters. The third kappa shape index (κ3) is 3.96. The molecule has 1 aliphatic heterocycles. The molecule has 0 bridgehead atoms. The van der Waals surface area contributed by atoms with E-state index in [1.807, 2.05) is 0 Å². The second-order valence-corrected chi connectivity index (χ2v) is 8.13. The number of nitrogens with one attached hydrogen (secondary N) is 2. The van der Waals surface area contributed by atoms with Gasteiger partial charge >= 0.3 is 6.18 Å². The van der Waals surface area contributed by atoms with Crippen LogP contribution in [-0.2, 0) is 23.5 Å². The highest BCUT2D eigenvalue weighted by Crippen LogP contribution is 2.32. The first-order chi connectivity index (χ1) is 13.4. The molecule has 154 valence electrons. The molecule has 1 amide bonds. The molecule has 1 aromatic carbocycles. The van der Waals surface area contributed by atoms with Crippen molar-refractivity contribution in [2.24, 2.45) is 7.05 Å². The van der Waals surface area contributed by atoms with E-state index in [1.165, 1.54) is 17.7 Å². The number of rotatable bonds is 2. The van der Waals surface area contributed by atoms with Gasteiger partial charge in [-0.2, -0.15) is 23.2 Å². The van der Waals surface area contributed by atoms with Gasteiger partial charge in [0.25, 0.3) is 5.91 Å². The highest BCUT2D eigenvalue weighted by Gasteiger charge is 2.45. The normalized spacial score (nSPS) is 18.4.